The molecule has 0 bridgehead atoms. The van der Waals surface area contributed by atoms with Crippen molar-refractivity contribution in [2.75, 3.05) is 0 Å². The van der Waals surface area contributed by atoms with Gasteiger partial charge in [-0.25, -0.2) is 4.98 Å². The van der Waals surface area contributed by atoms with Crippen LogP contribution in [0.2, 0.25) is 5.02 Å². The Morgan fingerprint density at radius 3 is 2.47 bits per heavy atom. The average Bonchev–Trinajstić information content (AvgIpc) is 2.73. The molecule has 17 heavy (non-hydrogen) atoms. The zero-order chi connectivity index (χ0) is 11.0. The topological polar surface area (TPSA) is 17.3 Å². The molecule has 0 aliphatic rings. The molecule has 0 radical (unpaired) electrons. The number of halogens is 2. The molecule has 2 aromatic heterocycles. The summed E-state index contributed by atoms with van der Waals surface area (Å²) in [6.45, 7) is 0. The van der Waals surface area contributed by atoms with Gasteiger partial charge in [-0.15, -0.1) is 0 Å². The van der Waals surface area contributed by atoms with Crippen LogP contribution in [-0.4, -0.2) is 9.38 Å². The van der Waals surface area contributed by atoms with Crippen LogP contribution in [0.1, 0.15) is 0 Å². The molecule has 1 aromatic carbocycles. The van der Waals surface area contributed by atoms with E-state index < -0.39 is 0 Å². The molecule has 4 heteroatoms. The van der Waals surface area contributed by atoms with Gasteiger partial charge in [-0.2, -0.15) is 0 Å². The fourth-order valence-corrected chi connectivity index (χ4v) is 1.82. The van der Waals surface area contributed by atoms with Crippen molar-refractivity contribution < 1.29 is 24.0 Å². The molecule has 0 N–H and O–H groups in total. The van der Waals surface area contributed by atoms with E-state index >= 15 is 0 Å². The van der Waals surface area contributed by atoms with Crippen molar-refractivity contribution in [3.63, 3.8) is 0 Å². The van der Waals surface area contributed by atoms with Crippen LogP contribution in [0, 0.1) is 0 Å². The lowest BCUT2D eigenvalue weighted by molar-refractivity contribution is -0.00000313. The van der Waals surface area contributed by atoms with Crippen LogP contribution in [-0.2, 0) is 0 Å². The first kappa shape index (κ1) is 12.4. The fraction of sp³-hybridized carbons (Fsp3) is 0. The molecular formula is C13H9ClIN2-. The predicted molar refractivity (Wildman–Crippen MR) is 65.6 cm³/mol. The second kappa shape index (κ2) is 5.06. The first-order valence-corrected chi connectivity index (χ1v) is 5.40. The first-order chi connectivity index (χ1) is 7.83. The standard InChI is InChI=1S/C13H9ClN2.HI/c14-11-6-4-10(5-7-11)12-9-16-8-2-1-3-13(16)15-12;/h1-9H;1H/p-1. The van der Waals surface area contributed by atoms with Gasteiger partial charge in [0.05, 0.1) is 5.69 Å². The van der Waals surface area contributed by atoms with Crippen LogP contribution in [0.15, 0.2) is 54.9 Å². The summed E-state index contributed by atoms with van der Waals surface area (Å²) >= 11 is 5.85. The number of nitrogens with zero attached hydrogens (tertiary/aromatic N) is 2. The fourth-order valence-electron chi connectivity index (χ4n) is 1.69. The van der Waals surface area contributed by atoms with E-state index in [0.29, 0.717) is 0 Å². The van der Waals surface area contributed by atoms with Crippen LogP contribution in [0.25, 0.3) is 16.9 Å². The van der Waals surface area contributed by atoms with E-state index in [-0.39, 0.29) is 24.0 Å². The number of benzene rings is 1. The predicted octanol–water partition coefficient (Wildman–Crippen LogP) is 0.659. The minimum atomic E-state index is 0. The summed E-state index contributed by atoms with van der Waals surface area (Å²) in [5.41, 5.74) is 2.99. The van der Waals surface area contributed by atoms with E-state index in [4.69, 9.17) is 11.6 Å². The summed E-state index contributed by atoms with van der Waals surface area (Å²) in [7, 11) is 0. The highest BCUT2D eigenvalue weighted by molar-refractivity contribution is 6.30. The van der Waals surface area contributed by atoms with Crippen LogP contribution >= 0.6 is 11.6 Å². The van der Waals surface area contributed by atoms with Crippen molar-refractivity contribution in [3.8, 4) is 11.3 Å². The van der Waals surface area contributed by atoms with Crippen molar-refractivity contribution in [1.82, 2.24) is 9.38 Å². The quantitative estimate of drug-likeness (QED) is 0.586. The normalized spacial score (nSPS) is 10.2. The molecule has 0 saturated heterocycles. The Bertz CT molecular complexity index is 598. The smallest absolute Gasteiger partial charge is 0.137 e. The van der Waals surface area contributed by atoms with E-state index in [2.05, 4.69) is 4.98 Å². The van der Waals surface area contributed by atoms with Gasteiger partial charge < -0.3 is 28.4 Å². The summed E-state index contributed by atoms with van der Waals surface area (Å²) in [5, 5.41) is 0.743. The second-order valence-electron chi connectivity index (χ2n) is 3.60. The molecule has 0 amide bonds. The molecule has 3 rings (SSSR count). The summed E-state index contributed by atoms with van der Waals surface area (Å²) in [6, 6.07) is 13.7. The van der Waals surface area contributed by atoms with Gasteiger partial charge in [0.15, 0.2) is 0 Å². The van der Waals surface area contributed by atoms with Crippen molar-refractivity contribution in [3.05, 3.63) is 59.9 Å². The van der Waals surface area contributed by atoms with Crippen molar-refractivity contribution >= 4 is 17.2 Å². The van der Waals surface area contributed by atoms with Crippen molar-refractivity contribution in [1.29, 1.82) is 0 Å². The largest absolute Gasteiger partial charge is 1.00 e. The van der Waals surface area contributed by atoms with Crippen LogP contribution in [0.4, 0.5) is 0 Å². The van der Waals surface area contributed by atoms with Gasteiger partial charge in [-0.1, -0.05) is 29.8 Å². The van der Waals surface area contributed by atoms with Gasteiger partial charge in [0.2, 0.25) is 0 Å². The Balaban J connectivity index is 0.00000108. The summed E-state index contributed by atoms with van der Waals surface area (Å²) in [5.74, 6) is 0. The Kier molecular flexibility index (Phi) is 3.69. The summed E-state index contributed by atoms with van der Waals surface area (Å²) in [6.07, 6.45) is 4.00. The molecule has 3 aromatic rings. The molecule has 2 nitrogen and oxygen atoms in total. The molecule has 0 fully saturated rings. The maximum atomic E-state index is 5.85. The third kappa shape index (κ3) is 2.45. The molecule has 0 saturated carbocycles. The summed E-state index contributed by atoms with van der Waals surface area (Å²) in [4.78, 5) is 4.53. The lowest BCUT2D eigenvalue weighted by Gasteiger charge is -1.94. The Labute approximate surface area is 121 Å². The zero-order valence-corrected chi connectivity index (χ0v) is 11.8. The van der Waals surface area contributed by atoms with E-state index in [1.807, 2.05) is 59.3 Å². The van der Waals surface area contributed by atoms with Gasteiger partial charge in [0, 0.05) is 23.0 Å². The van der Waals surface area contributed by atoms with Crippen LogP contribution in [0.3, 0.4) is 0 Å². The SMILES string of the molecule is Clc1ccc(-c2cn3ccccc3n2)cc1.[I-]. The van der Waals surface area contributed by atoms with E-state index in [0.717, 1.165) is 21.9 Å². The third-order valence-electron chi connectivity index (χ3n) is 2.50. The highest BCUT2D eigenvalue weighted by Crippen LogP contribution is 2.20. The van der Waals surface area contributed by atoms with Crippen LogP contribution in [0.5, 0.6) is 0 Å². The van der Waals surface area contributed by atoms with Crippen LogP contribution < -0.4 is 24.0 Å². The van der Waals surface area contributed by atoms with Gasteiger partial charge in [0.1, 0.15) is 5.65 Å². The number of rotatable bonds is 1. The number of hydrogen-bond donors (Lipinski definition) is 0. The van der Waals surface area contributed by atoms with Gasteiger partial charge in [0.25, 0.3) is 0 Å². The molecule has 0 spiro atoms. The number of imidazole rings is 1. The van der Waals surface area contributed by atoms with E-state index in [9.17, 15) is 0 Å². The Morgan fingerprint density at radius 2 is 1.76 bits per heavy atom. The zero-order valence-electron chi connectivity index (χ0n) is 8.85. The van der Waals surface area contributed by atoms with E-state index in [1.54, 1.807) is 0 Å². The van der Waals surface area contributed by atoms with Gasteiger partial charge >= 0.3 is 0 Å². The van der Waals surface area contributed by atoms with E-state index in [1.165, 1.54) is 0 Å². The molecule has 0 unspecified atom stereocenters. The number of hydrogen-bond acceptors (Lipinski definition) is 1. The first-order valence-electron chi connectivity index (χ1n) is 5.02. The Morgan fingerprint density at radius 1 is 1.00 bits per heavy atom. The molecular weight excluding hydrogens is 347 g/mol. The van der Waals surface area contributed by atoms with Crippen molar-refractivity contribution in [2.45, 2.75) is 0 Å². The molecule has 0 aliphatic heterocycles. The third-order valence-corrected chi connectivity index (χ3v) is 2.76. The maximum absolute atomic E-state index is 5.85. The molecule has 0 aliphatic carbocycles. The second-order valence-corrected chi connectivity index (χ2v) is 4.04. The number of pyridine rings is 1. The highest BCUT2D eigenvalue weighted by atomic mass is 127. The summed E-state index contributed by atoms with van der Waals surface area (Å²) < 4.78 is 2.00. The highest BCUT2D eigenvalue weighted by Gasteiger charge is 2.02. The van der Waals surface area contributed by atoms with Crippen molar-refractivity contribution in [2.24, 2.45) is 0 Å². The number of aromatic nitrogens is 2. The average molecular weight is 356 g/mol. The maximum Gasteiger partial charge on any atom is 0.137 e. The molecule has 2 heterocycles. The van der Waals surface area contributed by atoms with Gasteiger partial charge in [-0.05, 0) is 24.3 Å². The monoisotopic (exact) mass is 355 g/mol. The molecule has 0 atom stereocenters. The minimum absolute atomic E-state index is 0. The molecule has 86 valence electrons. The lowest BCUT2D eigenvalue weighted by atomic mass is 10.2. The van der Waals surface area contributed by atoms with Gasteiger partial charge in [-0.3, -0.25) is 0 Å². The lowest BCUT2D eigenvalue weighted by Crippen LogP contribution is -3.00. The number of fused-ring (bicyclic) bond motifs is 1. The minimum Gasteiger partial charge on any atom is -1.00 e. The Hall–Kier alpha value is -1.07.